The Morgan fingerprint density at radius 1 is 1.00 bits per heavy atom. The molecule has 1 aliphatic heterocycles. The molecule has 2 aromatic carbocycles. The molecule has 1 fully saturated rings. The van der Waals surface area contributed by atoms with Gasteiger partial charge in [0.25, 0.3) is 5.91 Å². The zero-order chi connectivity index (χ0) is 21.3. The summed E-state index contributed by atoms with van der Waals surface area (Å²) in [6.45, 7) is 4.42. The number of piperazine rings is 1. The van der Waals surface area contributed by atoms with Crippen molar-refractivity contribution >= 4 is 22.5 Å². The van der Waals surface area contributed by atoms with Crippen LogP contribution >= 0.6 is 0 Å². The topological polar surface area (TPSA) is 54.9 Å². The first-order chi connectivity index (χ1) is 14.5. The molecule has 0 unspecified atom stereocenters. The van der Waals surface area contributed by atoms with Gasteiger partial charge in [-0.15, -0.1) is 0 Å². The van der Waals surface area contributed by atoms with E-state index in [1.807, 2.05) is 24.3 Å². The fraction of sp³-hybridized carbons (Fsp3) is 0.304. The number of aryl methyl sites for hydroxylation is 1. The van der Waals surface area contributed by atoms with Crippen molar-refractivity contribution in [1.82, 2.24) is 9.88 Å². The summed E-state index contributed by atoms with van der Waals surface area (Å²) in [6.07, 6.45) is 0. The number of hydrogen-bond acceptors (Lipinski definition) is 5. The number of halogens is 1. The fourth-order valence-corrected chi connectivity index (χ4v) is 3.83. The Labute approximate surface area is 174 Å². The van der Waals surface area contributed by atoms with E-state index in [0.29, 0.717) is 41.0 Å². The van der Waals surface area contributed by atoms with Crippen molar-refractivity contribution in [3.63, 3.8) is 0 Å². The van der Waals surface area contributed by atoms with E-state index in [9.17, 15) is 9.18 Å². The second-order valence-corrected chi connectivity index (χ2v) is 7.31. The number of pyridine rings is 1. The van der Waals surface area contributed by atoms with Gasteiger partial charge >= 0.3 is 0 Å². The van der Waals surface area contributed by atoms with Crippen molar-refractivity contribution in [3.05, 3.63) is 59.5 Å². The number of ether oxygens (including phenoxy) is 2. The van der Waals surface area contributed by atoms with Crippen molar-refractivity contribution in [2.75, 3.05) is 45.3 Å². The lowest BCUT2D eigenvalue weighted by molar-refractivity contribution is 0.0741. The predicted octanol–water partition coefficient (Wildman–Crippen LogP) is 3.66. The Morgan fingerprint density at radius 3 is 2.33 bits per heavy atom. The monoisotopic (exact) mass is 409 g/mol. The number of rotatable bonds is 4. The van der Waals surface area contributed by atoms with Crippen LogP contribution in [0.1, 0.15) is 16.1 Å². The second-order valence-electron chi connectivity index (χ2n) is 7.31. The molecule has 4 rings (SSSR count). The van der Waals surface area contributed by atoms with E-state index in [2.05, 4.69) is 9.88 Å². The molecular formula is C23H24FN3O3. The van der Waals surface area contributed by atoms with E-state index in [0.717, 1.165) is 24.5 Å². The Balaban J connectivity index is 1.53. The fourth-order valence-electron chi connectivity index (χ4n) is 3.83. The van der Waals surface area contributed by atoms with Crippen LogP contribution in [0.2, 0.25) is 0 Å². The molecule has 0 aliphatic carbocycles. The molecule has 30 heavy (non-hydrogen) atoms. The van der Waals surface area contributed by atoms with Crippen molar-refractivity contribution in [2.45, 2.75) is 6.92 Å². The summed E-state index contributed by atoms with van der Waals surface area (Å²) in [5.74, 6) is 0.768. The Kier molecular flexibility index (Phi) is 5.44. The van der Waals surface area contributed by atoms with Crippen LogP contribution < -0.4 is 14.4 Å². The lowest BCUT2D eigenvalue weighted by Gasteiger charge is -2.36. The highest BCUT2D eigenvalue weighted by atomic mass is 19.1. The van der Waals surface area contributed by atoms with Gasteiger partial charge in [0.05, 0.1) is 19.7 Å². The van der Waals surface area contributed by atoms with E-state index in [4.69, 9.17) is 9.47 Å². The summed E-state index contributed by atoms with van der Waals surface area (Å²) < 4.78 is 24.4. The van der Waals surface area contributed by atoms with Gasteiger partial charge in [-0.1, -0.05) is 0 Å². The number of benzene rings is 2. The second kappa shape index (κ2) is 8.18. The number of hydrogen-bond donors (Lipinski definition) is 0. The number of nitrogens with zero attached hydrogens (tertiary/aromatic N) is 3. The van der Waals surface area contributed by atoms with Crippen LogP contribution in [0.5, 0.6) is 11.5 Å². The molecule has 6 nitrogen and oxygen atoms in total. The molecule has 0 atom stereocenters. The average Bonchev–Trinajstić information content (AvgIpc) is 2.78. The van der Waals surface area contributed by atoms with Gasteiger partial charge in [0.2, 0.25) is 0 Å². The first-order valence-corrected chi connectivity index (χ1v) is 9.83. The van der Waals surface area contributed by atoms with E-state index < -0.39 is 0 Å². The van der Waals surface area contributed by atoms with Crippen molar-refractivity contribution in [1.29, 1.82) is 0 Å². The maximum absolute atomic E-state index is 13.8. The summed E-state index contributed by atoms with van der Waals surface area (Å²) >= 11 is 0. The molecule has 1 amide bonds. The third-order valence-electron chi connectivity index (χ3n) is 5.47. The van der Waals surface area contributed by atoms with Gasteiger partial charge in [0, 0.05) is 43.3 Å². The van der Waals surface area contributed by atoms with Crippen LogP contribution in [0.4, 0.5) is 10.1 Å². The van der Waals surface area contributed by atoms with Crippen LogP contribution in [0.15, 0.2) is 42.5 Å². The smallest absolute Gasteiger partial charge is 0.272 e. The van der Waals surface area contributed by atoms with Crippen LogP contribution in [-0.4, -0.2) is 56.2 Å². The summed E-state index contributed by atoms with van der Waals surface area (Å²) in [6, 6.07) is 12.3. The summed E-state index contributed by atoms with van der Waals surface area (Å²) in [4.78, 5) is 21.7. The number of carbonyl (C=O) groups excluding carboxylic acids is 1. The SMILES string of the molecule is COc1ccc(N2CCN(C(=O)c3cc(OC)c4cc(F)cc(C)c4n3)CC2)cc1. The minimum absolute atomic E-state index is 0.145. The predicted molar refractivity (Wildman–Crippen MR) is 114 cm³/mol. The van der Waals surface area contributed by atoms with Gasteiger partial charge in [-0.25, -0.2) is 9.37 Å². The zero-order valence-corrected chi connectivity index (χ0v) is 17.3. The van der Waals surface area contributed by atoms with Gasteiger partial charge < -0.3 is 19.3 Å². The number of fused-ring (bicyclic) bond motifs is 1. The molecule has 1 aromatic heterocycles. The van der Waals surface area contributed by atoms with Gasteiger partial charge in [-0.2, -0.15) is 0 Å². The minimum atomic E-state index is -0.353. The molecule has 156 valence electrons. The van der Waals surface area contributed by atoms with Crippen LogP contribution in [0.3, 0.4) is 0 Å². The standard InChI is InChI=1S/C23H24FN3O3/c1-15-12-16(24)13-19-21(30-3)14-20(25-22(15)19)23(28)27-10-8-26(9-11-27)17-4-6-18(29-2)7-5-17/h4-7,12-14H,8-11H2,1-3H3. The highest BCUT2D eigenvalue weighted by Crippen LogP contribution is 2.29. The lowest BCUT2D eigenvalue weighted by Crippen LogP contribution is -2.49. The molecule has 3 aromatic rings. The zero-order valence-electron chi connectivity index (χ0n) is 17.3. The average molecular weight is 409 g/mol. The molecule has 1 aliphatic rings. The van der Waals surface area contributed by atoms with Gasteiger partial charge in [0.1, 0.15) is 23.0 Å². The largest absolute Gasteiger partial charge is 0.497 e. The molecule has 7 heteroatoms. The first kappa shape index (κ1) is 19.9. The van der Waals surface area contributed by atoms with E-state index in [-0.39, 0.29) is 11.7 Å². The highest BCUT2D eigenvalue weighted by Gasteiger charge is 2.24. The minimum Gasteiger partial charge on any atom is -0.497 e. The molecule has 1 saturated heterocycles. The summed E-state index contributed by atoms with van der Waals surface area (Å²) in [5, 5.41) is 0.566. The van der Waals surface area contributed by atoms with E-state index in [1.165, 1.54) is 19.2 Å². The van der Waals surface area contributed by atoms with E-state index in [1.54, 1.807) is 25.0 Å². The van der Waals surface area contributed by atoms with Crippen molar-refractivity contribution in [3.8, 4) is 11.5 Å². The Morgan fingerprint density at radius 2 is 1.70 bits per heavy atom. The molecule has 0 saturated carbocycles. The maximum atomic E-state index is 13.8. The normalized spacial score (nSPS) is 14.1. The third kappa shape index (κ3) is 3.75. The van der Waals surface area contributed by atoms with Crippen molar-refractivity contribution in [2.24, 2.45) is 0 Å². The van der Waals surface area contributed by atoms with Crippen LogP contribution in [0, 0.1) is 12.7 Å². The number of amides is 1. The molecule has 0 spiro atoms. The molecule has 0 bridgehead atoms. The number of methoxy groups -OCH3 is 2. The molecular weight excluding hydrogens is 385 g/mol. The first-order valence-electron chi connectivity index (χ1n) is 9.83. The number of aromatic nitrogens is 1. The third-order valence-corrected chi connectivity index (χ3v) is 5.47. The lowest BCUT2D eigenvalue weighted by atomic mass is 10.1. The van der Waals surface area contributed by atoms with Gasteiger partial charge in [-0.3, -0.25) is 4.79 Å². The Bertz CT molecular complexity index is 1080. The summed E-state index contributed by atoms with van der Waals surface area (Å²) in [7, 11) is 3.16. The number of carbonyl (C=O) groups is 1. The van der Waals surface area contributed by atoms with Gasteiger partial charge in [-0.05, 0) is 48.9 Å². The highest BCUT2D eigenvalue weighted by molar-refractivity contribution is 5.98. The molecule has 0 N–H and O–H groups in total. The summed E-state index contributed by atoms with van der Waals surface area (Å²) in [5.41, 5.74) is 2.66. The van der Waals surface area contributed by atoms with Crippen LogP contribution in [-0.2, 0) is 0 Å². The molecule has 2 heterocycles. The molecule has 0 radical (unpaired) electrons. The van der Waals surface area contributed by atoms with E-state index >= 15 is 0 Å². The van der Waals surface area contributed by atoms with Gasteiger partial charge in [0.15, 0.2) is 0 Å². The van der Waals surface area contributed by atoms with Crippen molar-refractivity contribution < 1.29 is 18.7 Å². The Hall–Kier alpha value is -3.35. The maximum Gasteiger partial charge on any atom is 0.272 e. The van der Waals surface area contributed by atoms with Crippen LogP contribution in [0.25, 0.3) is 10.9 Å². The number of anilines is 1. The quantitative estimate of drug-likeness (QED) is 0.658.